The standard InChI is InChI=1S/C20H21Cl2NO4S/c1-14-8-9-15(28(25,26)23-10-3-2-4-11-23)12-16(14)20(24)27-13-17-18(21)6-5-7-19(17)22/h5-9,12H,2-4,10-11,13H2,1H3. The summed E-state index contributed by atoms with van der Waals surface area (Å²) in [5.74, 6) is -0.621. The molecule has 0 atom stereocenters. The van der Waals surface area contributed by atoms with Crippen molar-refractivity contribution >= 4 is 39.2 Å². The second kappa shape index (κ2) is 8.82. The molecule has 0 aromatic heterocycles. The summed E-state index contributed by atoms with van der Waals surface area (Å²) in [6.45, 7) is 2.64. The number of carbonyl (C=O) groups excluding carboxylic acids is 1. The van der Waals surface area contributed by atoms with E-state index in [0.29, 0.717) is 34.3 Å². The van der Waals surface area contributed by atoms with Crippen LogP contribution in [0.1, 0.15) is 40.7 Å². The second-order valence-electron chi connectivity index (χ2n) is 6.72. The highest BCUT2D eigenvalue weighted by molar-refractivity contribution is 7.89. The van der Waals surface area contributed by atoms with Crippen molar-refractivity contribution in [1.29, 1.82) is 0 Å². The highest BCUT2D eigenvalue weighted by Crippen LogP contribution is 2.26. The third-order valence-corrected chi connectivity index (χ3v) is 7.39. The van der Waals surface area contributed by atoms with Crippen molar-refractivity contribution in [3.63, 3.8) is 0 Å². The number of carbonyl (C=O) groups is 1. The lowest BCUT2D eigenvalue weighted by molar-refractivity contribution is 0.0472. The Morgan fingerprint density at radius 1 is 1.07 bits per heavy atom. The Kier molecular flexibility index (Phi) is 6.65. The molecule has 5 nitrogen and oxygen atoms in total. The molecule has 0 unspecified atom stereocenters. The van der Waals surface area contributed by atoms with Crippen LogP contribution in [0, 0.1) is 6.92 Å². The highest BCUT2D eigenvalue weighted by Gasteiger charge is 2.27. The van der Waals surface area contributed by atoms with E-state index in [1.54, 1.807) is 31.2 Å². The maximum absolute atomic E-state index is 12.9. The van der Waals surface area contributed by atoms with Gasteiger partial charge in [-0.15, -0.1) is 0 Å². The molecule has 2 aromatic carbocycles. The van der Waals surface area contributed by atoms with Crippen molar-refractivity contribution in [2.45, 2.75) is 37.7 Å². The molecule has 1 heterocycles. The third kappa shape index (κ3) is 4.51. The lowest BCUT2D eigenvalue weighted by Gasteiger charge is -2.26. The summed E-state index contributed by atoms with van der Waals surface area (Å²) in [6, 6.07) is 9.56. The highest BCUT2D eigenvalue weighted by atomic mass is 35.5. The third-order valence-electron chi connectivity index (χ3n) is 4.79. The number of halogens is 2. The monoisotopic (exact) mass is 441 g/mol. The Balaban J connectivity index is 1.82. The lowest BCUT2D eigenvalue weighted by Crippen LogP contribution is -2.35. The molecular weight excluding hydrogens is 421 g/mol. The van der Waals surface area contributed by atoms with E-state index in [1.807, 2.05) is 0 Å². The Hall–Kier alpha value is -1.60. The predicted octanol–water partition coefficient (Wildman–Crippen LogP) is 4.83. The molecule has 0 amide bonds. The maximum Gasteiger partial charge on any atom is 0.338 e. The maximum atomic E-state index is 12.9. The summed E-state index contributed by atoms with van der Waals surface area (Å²) < 4.78 is 32.6. The SMILES string of the molecule is Cc1ccc(S(=O)(=O)N2CCCCC2)cc1C(=O)OCc1c(Cl)cccc1Cl. The molecule has 150 valence electrons. The van der Waals surface area contributed by atoms with Gasteiger partial charge in [0.05, 0.1) is 10.5 Å². The van der Waals surface area contributed by atoms with Gasteiger partial charge in [0.25, 0.3) is 0 Å². The Morgan fingerprint density at radius 2 is 1.71 bits per heavy atom. The average molecular weight is 442 g/mol. The summed E-state index contributed by atoms with van der Waals surface area (Å²) in [6.07, 6.45) is 2.72. The Bertz CT molecular complexity index is 965. The van der Waals surface area contributed by atoms with Gasteiger partial charge in [-0.25, -0.2) is 13.2 Å². The van der Waals surface area contributed by atoms with Crippen LogP contribution >= 0.6 is 23.2 Å². The molecule has 0 radical (unpaired) electrons. The van der Waals surface area contributed by atoms with Crippen LogP contribution in [0.5, 0.6) is 0 Å². The molecule has 8 heteroatoms. The average Bonchev–Trinajstić information content (AvgIpc) is 2.68. The van der Waals surface area contributed by atoms with Crippen molar-refractivity contribution in [1.82, 2.24) is 4.31 Å². The fourth-order valence-electron chi connectivity index (χ4n) is 3.12. The first-order valence-corrected chi connectivity index (χ1v) is 11.2. The van der Waals surface area contributed by atoms with Crippen LogP contribution in [0.15, 0.2) is 41.3 Å². The molecular formula is C20H21Cl2NO4S. The number of hydrogen-bond acceptors (Lipinski definition) is 4. The zero-order valence-corrected chi connectivity index (χ0v) is 17.8. The topological polar surface area (TPSA) is 63.7 Å². The number of benzene rings is 2. The fourth-order valence-corrected chi connectivity index (χ4v) is 5.17. The first kappa shape index (κ1) is 21.1. The molecule has 0 aliphatic carbocycles. The van der Waals surface area contributed by atoms with Gasteiger partial charge in [0.2, 0.25) is 10.0 Å². The first-order valence-electron chi connectivity index (χ1n) is 9.01. The molecule has 1 aliphatic rings. The van der Waals surface area contributed by atoms with E-state index in [0.717, 1.165) is 19.3 Å². The molecule has 0 bridgehead atoms. The molecule has 28 heavy (non-hydrogen) atoms. The summed E-state index contributed by atoms with van der Waals surface area (Å²) in [5, 5.41) is 0.803. The van der Waals surface area contributed by atoms with Crippen molar-refractivity contribution < 1.29 is 17.9 Å². The van der Waals surface area contributed by atoms with E-state index in [-0.39, 0.29) is 17.1 Å². The Morgan fingerprint density at radius 3 is 2.36 bits per heavy atom. The van der Waals surface area contributed by atoms with Crippen LogP contribution in [0.3, 0.4) is 0 Å². The zero-order chi connectivity index (χ0) is 20.3. The molecule has 2 aromatic rings. The van der Waals surface area contributed by atoms with Gasteiger partial charge < -0.3 is 4.74 Å². The van der Waals surface area contributed by atoms with Gasteiger partial charge in [-0.3, -0.25) is 0 Å². The van der Waals surface area contributed by atoms with Crippen molar-refractivity contribution in [3.05, 3.63) is 63.1 Å². The fraction of sp³-hybridized carbons (Fsp3) is 0.350. The molecule has 1 fully saturated rings. The molecule has 1 saturated heterocycles. The molecule has 3 rings (SSSR count). The largest absolute Gasteiger partial charge is 0.457 e. The van der Waals surface area contributed by atoms with Gasteiger partial charge in [0.15, 0.2) is 0 Å². The number of hydrogen-bond donors (Lipinski definition) is 0. The quantitative estimate of drug-likeness (QED) is 0.622. The minimum absolute atomic E-state index is 0.0973. The second-order valence-corrected chi connectivity index (χ2v) is 9.47. The van der Waals surface area contributed by atoms with E-state index in [1.165, 1.54) is 16.4 Å². The molecule has 0 N–H and O–H groups in total. The van der Waals surface area contributed by atoms with Crippen LogP contribution in [0.4, 0.5) is 0 Å². The van der Waals surface area contributed by atoms with Crippen LogP contribution in [0.2, 0.25) is 10.0 Å². The number of nitrogens with zero attached hydrogens (tertiary/aromatic N) is 1. The number of ether oxygens (including phenoxy) is 1. The normalized spacial score (nSPS) is 15.4. The van der Waals surface area contributed by atoms with Crippen LogP contribution < -0.4 is 0 Å². The minimum atomic E-state index is -3.63. The number of sulfonamides is 1. The number of piperidine rings is 1. The van der Waals surface area contributed by atoms with E-state index >= 15 is 0 Å². The van der Waals surface area contributed by atoms with Gasteiger partial charge in [-0.05, 0) is 49.6 Å². The van der Waals surface area contributed by atoms with Gasteiger partial charge in [0, 0.05) is 28.7 Å². The smallest absolute Gasteiger partial charge is 0.338 e. The Labute approximate surface area is 175 Å². The van der Waals surface area contributed by atoms with Gasteiger partial charge in [-0.1, -0.05) is 41.8 Å². The summed E-state index contributed by atoms with van der Waals surface area (Å²) in [5.41, 5.74) is 1.35. The van der Waals surface area contributed by atoms with Crippen LogP contribution in [0.25, 0.3) is 0 Å². The molecule has 0 saturated carbocycles. The van der Waals surface area contributed by atoms with Crippen LogP contribution in [-0.4, -0.2) is 31.8 Å². The number of aryl methyl sites for hydroxylation is 1. The van der Waals surface area contributed by atoms with Crippen molar-refractivity contribution in [2.24, 2.45) is 0 Å². The zero-order valence-electron chi connectivity index (χ0n) is 15.5. The van der Waals surface area contributed by atoms with Gasteiger partial charge in [0.1, 0.15) is 6.61 Å². The van der Waals surface area contributed by atoms with Crippen molar-refractivity contribution in [2.75, 3.05) is 13.1 Å². The predicted molar refractivity (Wildman–Crippen MR) is 109 cm³/mol. The van der Waals surface area contributed by atoms with E-state index < -0.39 is 16.0 Å². The van der Waals surface area contributed by atoms with E-state index in [9.17, 15) is 13.2 Å². The van der Waals surface area contributed by atoms with E-state index in [4.69, 9.17) is 27.9 Å². The minimum Gasteiger partial charge on any atom is -0.457 e. The summed E-state index contributed by atoms with van der Waals surface area (Å²) in [4.78, 5) is 12.7. The van der Waals surface area contributed by atoms with Gasteiger partial charge in [-0.2, -0.15) is 4.31 Å². The lowest BCUT2D eigenvalue weighted by atomic mass is 10.1. The van der Waals surface area contributed by atoms with Crippen LogP contribution in [-0.2, 0) is 21.4 Å². The summed E-state index contributed by atoms with van der Waals surface area (Å²) >= 11 is 12.2. The number of esters is 1. The van der Waals surface area contributed by atoms with E-state index in [2.05, 4.69) is 0 Å². The number of rotatable bonds is 5. The summed E-state index contributed by atoms with van der Waals surface area (Å²) in [7, 11) is -3.63. The molecule has 0 spiro atoms. The van der Waals surface area contributed by atoms with Crippen molar-refractivity contribution in [3.8, 4) is 0 Å². The first-order chi connectivity index (χ1) is 13.3. The molecule has 1 aliphatic heterocycles. The van der Waals surface area contributed by atoms with Gasteiger partial charge >= 0.3 is 5.97 Å².